The number of alkyl halides is 1. The lowest BCUT2D eigenvalue weighted by Gasteiger charge is -2.42. The molecule has 0 bridgehead atoms. The Morgan fingerprint density at radius 2 is 1.79 bits per heavy atom. The molecule has 0 radical (unpaired) electrons. The Hall–Kier alpha value is -1.92. The molecule has 3 fully saturated rings. The number of allylic oxidation sites excluding steroid dienone is 1. The van der Waals surface area contributed by atoms with E-state index in [1.807, 2.05) is 13.0 Å². The van der Waals surface area contributed by atoms with Gasteiger partial charge in [-0.1, -0.05) is 13.0 Å². The summed E-state index contributed by atoms with van der Waals surface area (Å²) >= 11 is 0. The van der Waals surface area contributed by atoms with E-state index in [4.69, 9.17) is 18.9 Å². The maximum absolute atomic E-state index is 14.4. The summed E-state index contributed by atoms with van der Waals surface area (Å²) in [6, 6.07) is -1.01. The Kier molecular flexibility index (Phi) is 10.4. The van der Waals surface area contributed by atoms with Crippen LogP contribution in [0.3, 0.4) is 0 Å². The number of nitrogens with zero attached hydrogens (tertiary/aromatic N) is 1. The molecule has 2 aliphatic heterocycles. The number of halogens is 1. The molecule has 2 heterocycles. The van der Waals surface area contributed by atoms with E-state index >= 15 is 0 Å². The Bertz CT molecular complexity index is 898. The molecule has 1 aliphatic carbocycles. The van der Waals surface area contributed by atoms with Crippen LogP contribution >= 0.6 is 0 Å². The minimum absolute atomic E-state index is 0.0210. The van der Waals surface area contributed by atoms with Gasteiger partial charge in [-0.15, -0.1) is 0 Å². The molecule has 10 nitrogen and oxygen atoms in total. The van der Waals surface area contributed by atoms with Crippen LogP contribution in [0.1, 0.15) is 65.7 Å². The average molecular weight is 544 g/mol. The van der Waals surface area contributed by atoms with Crippen molar-refractivity contribution in [3.05, 3.63) is 11.6 Å². The number of carbonyl (C=O) groups is 3. The Labute approximate surface area is 223 Å². The van der Waals surface area contributed by atoms with Crippen molar-refractivity contribution in [1.29, 1.82) is 0 Å². The molecule has 0 spiro atoms. The normalized spacial score (nSPS) is 37.4. The molecule has 3 aliphatic rings. The van der Waals surface area contributed by atoms with Gasteiger partial charge >= 0.3 is 5.97 Å². The molecule has 9 unspecified atom stereocenters. The van der Waals surface area contributed by atoms with E-state index in [1.54, 1.807) is 14.0 Å². The Morgan fingerprint density at radius 3 is 2.45 bits per heavy atom. The molecule has 38 heavy (non-hydrogen) atoms. The van der Waals surface area contributed by atoms with Crippen LogP contribution in [0.5, 0.6) is 0 Å². The van der Waals surface area contributed by atoms with E-state index in [-0.39, 0.29) is 25.0 Å². The van der Waals surface area contributed by atoms with Gasteiger partial charge in [-0.2, -0.15) is 0 Å². The van der Waals surface area contributed by atoms with Crippen LogP contribution < -0.4 is 0 Å². The smallest absolute Gasteiger partial charge is 0.329 e. The van der Waals surface area contributed by atoms with Gasteiger partial charge < -0.3 is 34.1 Å². The third-order valence-electron chi connectivity index (χ3n) is 8.23. The third-order valence-corrected chi connectivity index (χ3v) is 8.23. The molecule has 2 saturated heterocycles. The van der Waals surface area contributed by atoms with Crippen molar-refractivity contribution in [1.82, 2.24) is 4.90 Å². The summed E-state index contributed by atoms with van der Waals surface area (Å²) in [5, 5.41) is 20.9. The van der Waals surface area contributed by atoms with Gasteiger partial charge in [0.05, 0.1) is 12.2 Å². The zero-order chi connectivity index (χ0) is 28.2. The van der Waals surface area contributed by atoms with Gasteiger partial charge in [0, 0.05) is 26.7 Å². The summed E-state index contributed by atoms with van der Waals surface area (Å²) in [5.41, 5.74) is 0.833. The number of aliphatic hydroxyl groups excluding tert-OH is 1. The van der Waals surface area contributed by atoms with Gasteiger partial charge in [-0.05, 0) is 70.3 Å². The molecule has 11 heteroatoms. The fourth-order valence-corrected chi connectivity index (χ4v) is 5.56. The summed E-state index contributed by atoms with van der Waals surface area (Å²) in [6.07, 6.45) is 1.25. The zero-order valence-electron chi connectivity index (χ0n) is 22.9. The van der Waals surface area contributed by atoms with Gasteiger partial charge in [-0.25, -0.2) is 9.18 Å². The standard InChI is InChI=1S/C27H42FNO9/c1-15(12-18-9-10-20(30)21(14-18)35-4)17(3)37-26(33)19-8-6-7-11-29(19)25(32)23(31)27(34)16(2)13-22(36-5)24(28)38-27/h12,16-22,24,30,34H,6-11,13-14H2,1-5H3/b15-12+. The molecular weight excluding hydrogens is 501 g/mol. The Morgan fingerprint density at radius 1 is 1.11 bits per heavy atom. The van der Waals surface area contributed by atoms with Crippen molar-refractivity contribution in [2.24, 2.45) is 11.8 Å². The largest absolute Gasteiger partial charge is 0.457 e. The predicted octanol–water partition coefficient (Wildman–Crippen LogP) is 2.05. The molecule has 3 rings (SSSR count). The highest BCUT2D eigenvalue weighted by molar-refractivity contribution is 6.39. The van der Waals surface area contributed by atoms with Crippen LogP contribution in [-0.4, -0.2) is 96.1 Å². The summed E-state index contributed by atoms with van der Waals surface area (Å²) in [5.74, 6) is -6.44. The molecule has 2 N–H and O–H groups in total. The number of amides is 1. The summed E-state index contributed by atoms with van der Waals surface area (Å²) < 4.78 is 35.4. The van der Waals surface area contributed by atoms with Crippen LogP contribution in [0, 0.1) is 11.8 Å². The van der Waals surface area contributed by atoms with Crippen molar-refractivity contribution < 1.29 is 47.9 Å². The number of ether oxygens (including phenoxy) is 4. The number of carbonyl (C=O) groups excluding carboxylic acids is 3. The molecule has 216 valence electrons. The topological polar surface area (TPSA) is 132 Å². The van der Waals surface area contributed by atoms with E-state index in [2.05, 4.69) is 0 Å². The van der Waals surface area contributed by atoms with E-state index in [0.29, 0.717) is 32.1 Å². The lowest BCUT2D eigenvalue weighted by molar-refractivity contribution is -0.312. The van der Waals surface area contributed by atoms with Crippen LogP contribution in [0.4, 0.5) is 4.39 Å². The fraction of sp³-hybridized carbons (Fsp3) is 0.815. The molecule has 0 aromatic rings. The lowest BCUT2D eigenvalue weighted by Crippen LogP contribution is -2.62. The van der Waals surface area contributed by atoms with Crippen molar-refractivity contribution in [3.8, 4) is 0 Å². The Balaban J connectivity index is 1.67. The maximum atomic E-state index is 14.4. The summed E-state index contributed by atoms with van der Waals surface area (Å²) in [4.78, 5) is 40.6. The van der Waals surface area contributed by atoms with Crippen LogP contribution in [0.25, 0.3) is 0 Å². The third kappa shape index (κ3) is 6.62. The highest BCUT2D eigenvalue weighted by atomic mass is 19.1. The molecule has 0 aromatic carbocycles. The monoisotopic (exact) mass is 543 g/mol. The number of aliphatic hydroxyl groups is 2. The first-order valence-corrected chi connectivity index (χ1v) is 13.4. The lowest BCUT2D eigenvalue weighted by atomic mass is 9.84. The van der Waals surface area contributed by atoms with E-state index in [9.17, 15) is 29.0 Å². The number of methoxy groups -OCH3 is 2. The molecular formula is C27H42FNO9. The number of rotatable bonds is 8. The molecule has 1 saturated carbocycles. The minimum Gasteiger partial charge on any atom is -0.457 e. The highest BCUT2D eigenvalue weighted by Crippen LogP contribution is 2.36. The number of hydrogen-bond acceptors (Lipinski definition) is 9. The second kappa shape index (κ2) is 13.0. The number of hydrogen-bond donors (Lipinski definition) is 2. The van der Waals surface area contributed by atoms with Gasteiger partial charge in [-0.3, -0.25) is 9.59 Å². The van der Waals surface area contributed by atoms with Crippen LogP contribution in [0.2, 0.25) is 0 Å². The first-order chi connectivity index (χ1) is 17.9. The maximum Gasteiger partial charge on any atom is 0.329 e. The van der Waals surface area contributed by atoms with Crippen molar-refractivity contribution in [3.63, 3.8) is 0 Å². The number of Topliss-reactive ketones (excluding diaryl/α,β-unsaturated/α-hetero) is 1. The number of likely N-dealkylation sites (tertiary alicyclic amines) is 1. The van der Waals surface area contributed by atoms with E-state index < -0.39 is 60.1 Å². The molecule has 0 aromatic heterocycles. The molecule has 9 atom stereocenters. The van der Waals surface area contributed by atoms with Crippen molar-refractivity contribution in [2.45, 2.75) is 108 Å². The second-order valence-corrected chi connectivity index (χ2v) is 10.8. The van der Waals surface area contributed by atoms with Crippen LogP contribution in [0.15, 0.2) is 11.6 Å². The summed E-state index contributed by atoms with van der Waals surface area (Å²) in [7, 11) is 2.87. The van der Waals surface area contributed by atoms with Crippen LogP contribution in [-0.2, 0) is 33.3 Å². The van der Waals surface area contributed by atoms with E-state index in [1.165, 1.54) is 14.0 Å². The number of piperidine rings is 1. The predicted molar refractivity (Wildman–Crippen MR) is 133 cm³/mol. The van der Waals surface area contributed by atoms with E-state index in [0.717, 1.165) is 16.9 Å². The van der Waals surface area contributed by atoms with Gasteiger partial charge in [0.1, 0.15) is 18.2 Å². The second-order valence-electron chi connectivity index (χ2n) is 10.8. The SMILES string of the molecule is COC1CC(/C=C(\C)C(C)OC(=O)C2CCCCN2C(=O)C(=O)C2(O)OC(F)C(OC)CC2C)CCC1O. The minimum atomic E-state index is -2.66. The number of esters is 1. The summed E-state index contributed by atoms with van der Waals surface area (Å²) in [6.45, 7) is 5.20. The van der Waals surface area contributed by atoms with Crippen molar-refractivity contribution in [2.75, 3.05) is 20.8 Å². The quantitative estimate of drug-likeness (QED) is 0.268. The first kappa shape index (κ1) is 30.6. The fourth-order valence-electron chi connectivity index (χ4n) is 5.56. The average Bonchev–Trinajstić information content (AvgIpc) is 2.90. The zero-order valence-corrected chi connectivity index (χ0v) is 22.9. The van der Waals surface area contributed by atoms with Crippen molar-refractivity contribution >= 4 is 17.7 Å². The number of ketones is 1. The first-order valence-electron chi connectivity index (χ1n) is 13.4. The van der Waals surface area contributed by atoms with Gasteiger partial charge in [0.2, 0.25) is 12.1 Å². The van der Waals surface area contributed by atoms with Gasteiger partial charge in [0.15, 0.2) is 0 Å². The molecule has 1 amide bonds. The highest BCUT2D eigenvalue weighted by Gasteiger charge is 2.55. The van der Waals surface area contributed by atoms with Gasteiger partial charge in [0.25, 0.3) is 11.7 Å².